The molecule has 0 radical (unpaired) electrons. The molecular weight excluding hydrogens is 264 g/mol. The molecule has 5 heteroatoms. The molecule has 0 aromatic rings. The van der Waals surface area contributed by atoms with Crippen LogP contribution in [0.4, 0.5) is 0 Å². The standard InChI is InChI=1S/C16H34N4O/c1-6-14(3)20(5)11-10-18-15(17-7-2)19-13-16(4)9-8-12-21-16/h14H,6-13H2,1-5H3,(H2,17,18,19). The van der Waals surface area contributed by atoms with Gasteiger partial charge in [0, 0.05) is 32.3 Å². The number of ether oxygens (including phenoxy) is 1. The first-order chi connectivity index (χ1) is 10.0. The molecule has 0 bridgehead atoms. The maximum Gasteiger partial charge on any atom is 0.191 e. The maximum absolute atomic E-state index is 5.79. The highest BCUT2D eigenvalue weighted by Crippen LogP contribution is 2.24. The third-order valence-electron chi connectivity index (χ3n) is 4.32. The monoisotopic (exact) mass is 298 g/mol. The molecule has 124 valence electrons. The average molecular weight is 298 g/mol. The Hall–Kier alpha value is -0.810. The van der Waals surface area contributed by atoms with Gasteiger partial charge in [0.1, 0.15) is 0 Å². The van der Waals surface area contributed by atoms with Gasteiger partial charge in [-0.25, -0.2) is 0 Å². The Morgan fingerprint density at radius 1 is 1.38 bits per heavy atom. The van der Waals surface area contributed by atoms with E-state index in [4.69, 9.17) is 4.74 Å². The summed E-state index contributed by atoms with van der Waals surface area (Å²) in [5.74, 6) is 0.895. The molecule has 1 heterocycles. The molecule has 1 fully saturated rings. The molecule has 0 aromatic heterocycles. The minimum absolute atomic E-state index is 0.0735. The van der Waals surface area contributed by atoms with Gasteiger partial charge >= 0.3 is 0 Å². The van der Waals surface area contributed by atoms with Crippen molar-refractivity contribution in [2.75, 3.05) is 39.8 Å². The van der Waals surface area contributed by atoms with Crippen LogP contribution in [-0.4, -0.2) is 62.3 Å². The summed E-state index contributed by atoms with van der Waals surface area (Å²) >= 11 is 0. The lowest BCUT2D eigenvalue weighted by Crippen LogP contribution is -2.43. The minimum atomic E-state index is -0.0735. The normalized spacial score (nSPS) is 24.4. The zero-order valence-corrected chi connectivity index (χ0v) is 14.5. The summed E-state index contributed by atoms with van der Waals surface area (Å²) < 4.78 is 5.79. The number of nitrogens with one attached hydrogen (secondary N) is 2. The summed E-state index contributed by atoms with van der Waals surface area (Å²) in [4.78, 5) is 7.05. The van der Waals surface area contributed by atoms with Crippen LogP contribution in [0.5, 0.6) is 0 Å². The van der Waals surface area contributed by atoms with Crippen molar-refractivity contribution in [2.24, 2.45) is 4.99 Å². The number of aliphatic imine (C=N–C) groups is 1. The molecule has 2 atom stereocenters. The van der Waals surface area contributed by atoms with Crippen molar-refractivity contribution in [3.05, 3.63) is 0 Å². The predicted molar refractivity (Wildman–Crippen MR) is 90.0 cm³/mol. The van der Waals surface area contributed by atoms with E-state index in [2.05, 4.69) is 55.3 Å². The maximum atomic E-state index is 5.79. The van der Waals surface area contributed by atoms with E-state index < -0.39 is 0 Å². The smallest absolute Gasteiger partial charge is 0.191 e. The van der Waals surface area contributed by atoms with E-state index >= 15 is 0 Å². The summed E-state index contributed by atoms with van der Waals surface area (Å²) in [5, 5.41) is 6.72. The molecule has 0 spiro atoms. The summed E-state index contributed by atoms with van der Waals surface area (Å²) in [6.45, 7) is 13.1. The van der Waals surface area contributed by atoms with E-state index in [-0.39, 0.29) is 5.60 Å². The van der Waals surface area contributed by atoms with Crippen LogP contribution in [0.15, 0.2) is 4.99 Å². The second-order valence-corrected chi connectivity index (χ2v) is 6.26. The largest absolute Gasteiger partial charge is 0.373 e. The number of rotatable bonds is 8. The summed E-state index contributed by atoms with van der Waals surface area (Å²) in [7, 11) is 2.17. The summed E-state index contributed by atoms with van der Waals surface area (Å²) in [6, 6.07) is 0.622. The van der Waals surface area contributed by atoms with Crippen LogP contribution in [0.25, 0.3) is 0 Å². The van der Waals surface area contributed by atoms with Gasteiger partial charge < -0.3 is 20.3 Å². The van der Waals surface area contributed by atoms with Gasteiger partial charge in [0.2, 0.25) is 0 Å². The van der Waals surface area contributed by atoms with Gasteiger partial charge in [0.05, 0.1) is 12.1 Å². The fourth-order valence-corrected chi connectivity index (χ4v) is 2.43. The highest BCUT2D eigenvalue weighted by molar-refractivity contribution is 5.79. The molecule has 0 amide bonds. The van der Waals surface area contributed by atoms with E-state index in [1.165, 1.54) is 6.42 Å². The van der Waals surface area contributed by atoms with Crippen molar-refractivity contribution in [3.8, 4) is 0 Å². The van der Waals surface area contributed by atoms with Gasteiger partial charge in [-0.15, -0.1) is 0 Å². The second kappa shape index (κ2) is 9.26. The van der Waals surface area contributed by atoms with Gasteiger partial charge in [0.15, 0.2) is 5.96 Å². The third-order valence-corrected chi connectivity index (χ3v) is 4.32. The Morgan fingerprint density at radius 3 is 2.71 bits per heavy atom. The fraction of sp³-hybridized carbons (Fsp3) is 0.938. The van der Waals surface area contributed by atoms with Crippen molar-refractivity contribution < 1.29 is 4.74 Å². The van der Waals surface area contributed by atoms with Crippen LogP contribution in [0, 0.1) is 0 Å². The van der Waals surface area contributed by atoms with E-state index in [1.54, 1.807) is 0 Å². The molecule has 2 N–H and O–H groups in total. The predicted octanol–water partition coefficient (Wildman–Crippen LogP) is 1.84. The van der Waals surface area contributed by atoms with Crippen LogP contribution in [0.2, 0.25) is 0 Å². The molecular formula is C16H34N4O. The van der Waals surface area contributed by atoms with Crippen molar-refractivity contribution >= 4 is 5.96 Å². The van der Waals surface area contributed by atoms with Crippen molar-refractivity contribution in [1.29, 1.82) is 0 Å². The van der Waals surface area contributed by atoms with Crippen LogP contribution in [0.1, 0.15) is 47.0 Å². The molecule has 0 saturated carbocycles. The van der Waals surface area contributed by atoms with E-state index in [0.717, 1.165) is 51.6 Å². The lowest BCUT2D eigenvalue weighted by atomic mass is 10.0. The van der Waals surface area contributed by atoms with E-state index in [0.29, 0.717) is 6.04 Å². The van der Waals surface area contributed by atoms with Crippen LogP contribution in [0.3, 0.4) is 0 Å². The SMILES string of the molecule is CCNC(=NCC1(C)CCCO1)NCCN(C)C(C)CC. The lowest BCUT2D eigenvalue weighted by Gasteiger charge is -2.24. The average Bonchev–Trinajstić information content (AvgIpc) is 2.91. The number of nitrogens with zero attached hydrogens (tertiary/aromatic N) is 2. The molecule has 2 unspecified atom stereocenters. The topological polar surface area (TPSA) is 48.9 Å². The molecule has 0 aromatic carbocycles. The molecule has 1 aliphatic heterocycles. The first-order valence-corrected chi connectivity index (χ1v) is 8.37. The molecule has 0 aliphatic carbocycles. The van der Waals surface area contributed by atoms with Gasteiger partial charge in [-0.3, -0.25) is 4.99 Å². The quantitative estimate of drug-likeness (QED) is 0.530. The highest BCUT2D eigenvalue weighted by atomic mass is 16.5. The van der Waals surface area contributed by atoms with Gasteiger partial charge in [-0.1, -0.05) is 6.92 Å². The fourth-order valence-electron chi connectivity index (χ4n) is 2.43. The van der Waals surface area contributed by atoms with Gasteiger partial charge in [0.25, 0.3) is 0 Å². The first kappa shape index (κ1) is 18.2. The third kappa shape index (κ3) is 6.66. The molecule has 1 saturated heterocycles. The van der Waals surface area contributed by atoms with E-state index in [9.17, 15) is 0 Å². The highest BCUT2D eigenvalue weighted by Gasteiger charge is 2.29. The summed E-state index contributed by atoms with van der Waals surface area (Å²) in [5.41, 5.74) is -0.0735. The molecule has 21 heavy (non-hydrogen) atoms. The van der Waals surface area contributed by atoms with Crippen molar-refractivity contribution in [1.82, 2.24) is 15.5 Å². The first-order valence-electron chi connectivity index (χ1n) is 8.37. The summed E-state index contributed by atoms with van der Waals surface area (Å²) in [6.07, 6.45) is 3.43. The zero-order valence-electron chi connectivity index (χ0n) is 14.5. The number of guanidine groups is 1. The second-order valence-electron chi connectivity index (χ2n) is 6.26. The van der Waals surface area contributed by atoms with Crippen LogP contribution < -0.4 is 10.6 Å². The number of hydrogen-bond acceptors (Lipinski definition) is 3. The molecule has 5 nitrogen and oxygen atoms in total. The van der Waals surface area contributed by atoms with Gasteiger partial charge in [-0.2, -0.15) is 0 Å². The van der Waals surface area contributed by atoms with Crippen molar-refractivity contribution in [3.63, 3.8) is 0 Å². The number of likely N-dealkylation sites (N-methyl/N-ethyl adjacent to an activating group) is 1. The Bertz CT molecular complexity index is 313. The van der Waals surface area contributed by atoms with Crippen LogP contribution in [-0.2, 0) is 4.74 Å². The zero-order chi connectivity index (χ0) is 15.7. The Labute approximate surface area is 130 Å². The molecule has 1 rings (SSSR count). The Morgan fingerprint density at radius 2 is 2.14 bits per heavy atom. The van der Waals surface area contributed by atoms with Crippen molar-refractivity contribution in [2.45, 2.75) is 58.6 Å². The Kier molecular flexibility index (Phi) is 8.04. The van der Waals surface area contributed by atoms with Crippen LogP contribution >= 0.6 is 0 Å². The van der Waals surface area contributed by atoms with E-state index in [1.807, 2.05) is 0 Å². The minimum Gasteiger partial charge on any atom is -0.373 e. The molecule has 1 aliphatic rings. The van der Waals surface area contributed by atoms with Gasteiger partial charge in [-0.05, 0) is 47.1 Å². The number of hydrogen-bond donors (Lipinski definition) is 2. The lowest BCUT2D eigenvalue weighted by molar-refractivity contribution is 0.0283. The Balaban J connectivity index is 2.38.